The average Bonchev–Trinajstić information content (AvgIpc) is 3.03. The van der Waals surface area contributed by atoms with E-state index in [2.05, 4.69) is 0 Å². The van der Waals surface area contributed by atoms with Gasteiger partial charge in [-0.15, -0.1) is 0 Å². The second kappa shape index (κ2) is 8.14. The lowest BCUT2D eigenvalue weighted by Gasteiger charge is -2.14. The number of aryl methyl sites for hydroxylation is 3. The smallest absolute Gasteiger partial charge is 0.337 e. The Kier molecular flexibility index (Phi) is 5.64. The van der Waals surface area contributed by atoms with Gasteiger partial charge in [0, 0.05) is 23.4 Å². The lowest BCUT2D eigenvalue weighted by Crippen LogP contribution is -2.10. The number of carbonyl (C=O) groups excluding carboxylic acids is 1. The van der Waals surface area contributed by atoms with Gasteiger partial charge in [-0.3, -0.25) is 4.79 Å². The Morgan fingerprint density at radius 3 is 2.14 bits per heavy atom. The van der Waals surface area contributed by atoms with Crippen LogP contribution in [-0.4, -0.2) is 32.5 Å². The summed E-state index contributed by atoms with van der Waals surface area (Å²) in [5, 5.41) is 18.6. The standard InChI is InChI=1S/C23H21NO5/c1-14-6-7-15(2)24(14)20-13-17(9-10-19(20)23(28)29)21(25)11-8-16-4-3-5-18(12-16)22(26)27/h3-7,9-10,12-13H,8,11H2,1-2H3,(H,26,27)(H,28,29). The Morgan fingerprint density at radius 1 is 0.828 bits per heavy atom. The van der Waals surface area contributed by atoms with E-state index >= 15 is 0 Å². The number of nitrogens with zero attached hydrogens (tertiary/aromatic N) is 1. The fourth-order valence-corrected chi connectivity index (χ4v) is 3.38. The molecule has 148 valence electrons. The molecule has 29 heavy (non-hydrogen) atoms. The second-order valence-corrected chi connectivity index (χ2v) is 6.92. The van der Waals surface area contributed by atoms with Crippen molar-refractivity contribution in [2.75, 3.05) is 0 Å². The van der Waals surface area contributed by atoms with Gasteiger partial charge < -0.3 is 14.8 Å². The first-order chi connectivity index (χ1) is 13.8. The van der Waals surface area contributed by atoms with Crippen LogP contribution in [0.15, 0.2) is 54.6 Å². The molecule has 0 spiro atoms. The number of benzene rings is 2. The van der Waals surface area contributed by atoms with Gasteiger partial charge in [0.25, 0.3) is 0 Å². The van der Waals surface area contributed by atoms with Crippen molar-refractivity contribution in [1.82, 2.24) is 4.57 Å². The molecule has 0 fully saturated rings. The van der Waals surface area contributed by atoms with Gasteiger partial charge in [0.2, 0.25) is 0 Å². The number of hydrogen-bond acceptors (Lipinski definition) is 3. The van der Waals surface area contributed by atoms with Crippen LogP contribution in [0.1, 0.15) is 54.4 Å². The van der Waals surface area contributed by atoms with Crippen LogP contribution in [0.2, 0.25) is 0 Å². The minimum absolute atomic E-state index is 0.123. The third-order valence-corrected chi connectivity index (χ3v) is 4.88. The molecule has 0 saturated carbocycles. The lowest BCUT2D eigenvalue weighted by atomic mass is 9.99. The molecule has 3 aromatic rings. The van der Waals surface area contributed by atoms with Crippen molar-refractivity contribution in [2.24, 2.45) is 0 Å². The van der Waals surface area contributed by atoms with E-state index in [9.17, 15) is 19.5 Å². The maximum absolute atomic E-state index is 12.7. The van der Waals surface area contributed by atoms with E-state index in [0.29, 0.717) is 17.7 Å². The first-order valence-corrected chi connectivity index (χ1v) is 9.16. The van der Waals surface area contributed by atoms with E-state index in [4.69, 9.17) is 5.11 Å². The highest BCUT2D eigenvalue weighted by Crippen LogP contribution is 2.23. The minimum atomic E-state index is -1.06. The second-order valence-electron chi connectivity index (χ2n) is 6.92. The van der Waals surface area contributed by atoms with Crippen LogP contribution in [0, 0.1) is 13.8 Å². The van der Waals surface area contributed by atoms with E-state index in [-0.39, 0.29) is 23.3 Å². The van der Waals surface area contributed by atoms with Gasteiger partial charge >= 0.3 is 11.9 Å². The summed E-state index contributed by atoms with van der Waals surface area (Å²) in [6.07, 6.45) is 0.593. The summed E-state index contributed by atoms with van der Waals surface area (Å²) < 4.78 is 1.82. The fraction of sp³-hybridized carbons (Fsp3) is 0.174. The Bertz CT molecular complexity index is 1090. The number of aromatic nitrogens is 1. The quantitative estimate of drug-likeness (QED) is 0.585. The predicted octanol–water partition coefficient (Wildman–Crippen LogP) is 4.31. The average molecular weight is 391 g/mol. The van der Waals surface area contributed by atoms with Gasteiger partial charge in [-0.2, -0.15) is 0 Å². The molecule has 1 aromatic heterocycles. The summed E-state index contributed by atoms with van der Waals surface area (Å²) in [5.41, 5.74) is 3.70. The minimum Gasteiger partial charge on any atom is -0.478 e. The van der Waals surface area contributed by atoms with Crippen LogP contribution in [0.25, 0.3) is 5.69 Å². The van der Waals surface area contributed by atoms with E-state index < -0.39 is 11.9 Å². The van der Waals surface area contributed by atoms with Crippen molar-refractivity contribution >= 4 is 17.7 Å². The highest BCUT2D eigenvalue weighted by molar-refractivity contribution is 5.99. The third-order valence-electron chi connectivity index (χ3n) is 4.88. The van der Waals surface area contributed by atoms with E-state index in [1.165, 1.54) is 18.2 Å². The van der Waals surface area contributed by atoms with Crippen molar-refractivity contribution in [1.29, 1.82) is 0 Å². The zero-order valence-electron chi connectivity index (χ0n) is 16.2. The molecule has 6 heteroatoms. The molecule has 0 radical (unpaired) electrons. The van der Waals surface area contributed by atoms with Crippen molar-refractivity contribution < 1.29 is 24.6 Å². The van der Waals surface area contributed by atoms with E-state index in [1.807, 2.05) is 30.5 Å². The highest BCUT2D eigenvalue weighted by Gasteiger charge is 2.17. The zero-order chi connectivity index (χ0) is 21.1. The van der Waals surface area contributed by atoms with Crippen LogP contribution in [0.4, 0.5) is 0 Å². The largest absolute Gasteiger partial charge is 0.478 e. The predicted molar refractivity (Wildman–Crippen MR) is 108 cm³/mol. The molecule has 1 heterocycles. The van der Waals surface area contributed by atoms with Gasteiger partial charge in [-0.05, 0) is 62.2 Å². The normalized spacial score (nSPS) is 10.7. The molecule has 0 amide bonds. The summed E-state index contributed by atoms with van der Waals surface area (Å²) in [5.74, 6) is -2.20. The number of Topliss-reactive ketones (excluding diaryl/α,β-unsaturated/α-hetero) is 1. The summed E-state index contributed by atoms with van der Waals surface area (Å²) in [6.45, 7) is 3.76. The Labute approximate surface area is 168 Å². The Hall–Kier alpha value is -3.67. The maximum atomic E-state index is 12.7. The van der Waals surface area contributed by atoms with Gasteiger partial charge in [0.1, 0.15) is 0 Å². The first-order valence-electron chi connectivity index (χ1n) is 9.16. The summed E-state index contributed by atoms with van der Waals surface area (Å²) in [7, 11) is 0. The molecular weight excluding hydrogens is 370 g/mol. The third kappa shape index (κ3) is 4.27. The van der Waals surface area contributed by atoms with Crippen molar-refractivity contribution in [3.63, 3.8) is 0 Å². The molecule has 0 unspecified atom stereocenters. The number of rotatable bonds is 7. The first kappa shape index (κ1) is 20.1. The van der Waals surface area contributed by atoms with Crippen LogP contribution in [0.5, 0.6) is 0 Å². The van der Waals surface area contributed by atoms with Gasteiger partial charge in [0.05, 0.1) is 16.8 Å². The SMILES string of the molecule is Cc1ccc(C)n1-c1cc(C(=O)CCc2cccc(C(=O)O)c2)ccc1C(=O)O. The van der Waals surface area contributed by atoms with Crippen LogP contribution in [0.3, 0.4) is 0 Å². The monoisotopic (exact) mass is 391 g/mol. The molecule has 0 bridgehead atoms. The maximum Gasteiger partial charge on any atom is 0.337 e. The number of hydrogen-bond donors (Lipinski definition) is 2. The Balaban J connectivity index is 1.88. The molecule has 0 aliphatic heterocycles. The number of carbonyl (C=O) groups is 3. The number of carboxylic acids is 2. The molecule has 2 aromatic carbocycles. The summed E-state index contributed by atoms with van der Waals surface area (Å²) >= 11 is 0. The van der Waals surface area contributed by atoms with Crippen molar-refractivity contribution in [2.45, 2.75) is 26.7 Å². The van der Waals surface area contributed by atoms with Crippen molar-refractivity contribution in [3.05, 3.63) is 88.2 Å². The molecule has 0 aliphatic rings. The summed E-state index contributed by atoms with van der Waals surface area (Å²) in [6, 6.07) is 14.9. The lowest BCUT2D eigenvalue weighted by molar-refractivity contribution is 0.0686. The number of ketones is 1. The van der Waals surface area contributed by atoms with Gasteiger partial charge in [-0.25, -0.2) is 9.59 Å². The fourth-order valence-electron chi connectivity index (χ4n) is 3.38. The topological polar surface area (TPSA) is 96.6 Å². The molecular formula is C23H21NO5. The van der Waals surface area contributed by atoms with E-state index in [1.54, 1.807) is 24.3 Å². The van der Waals surface area contributed by atoms with Crippen LogP contribution >= 0.6 is 0 Å². The Morgan fingerprint density at radius 2 is 1.52 bits per heavy atom. The molecule has 3 rings (SSSR count). The molecule has 0 atom stereocenters. The molecule has 0 aliphatic carbocycles. The van der Waals surface area contributed by atoms with Crippen LogP contribution in [-0.2, 0) is 6.42 Å². The molecule has 0 saturated heterocycles. The molecule has 2 N–H and O–H groups in total. The van der Waals surface area contributed by atoms with Gasteiger partial charge in [0.15, 0.2) is 5.78 Å². The van der Waals surface area contributed by atoms with Crippen LogP contribution < -0.4 is 0 Å². The summed E-state index contributed by atoms with van der Waals surface area (Å²) in [4.78, 5) is 35.5. The van der Waals surface area contributed by atoms with Crippen molar-refractivity contribution in [3.8, 4) is 5.69 Å². The number of aromatic carboxylic acids is 2. The van der Waals surface area contributed by atoms with Gasteiger partial charge in [-0.1, -0.05) is 18.2 Å². The highest BCUT2D eigenvalue weighted by atomic mass is 16.4. The zero-order valence-corrected chi connectivity index (χ0v) is 16.2. The van der Waals surface area contributed by atoms with E-state index in [0.717, 1.165) is 17.0 Å². The number of carboxylic acid groups (broad SMARTS) is 2. The molecule has 6 nitrogen and oxygen atoms in total.